The minimum atomic E-state index is 0.783. The van der Waals surface area contributed by atoms with Gasteiger partial charge in [-0.15, -0.1) is 0 Å². The highest BCUT2D eigenvalue weighted by atomic mass is 15.2. The van der Waals surface area contributed by atoms with Gasteiger partial charge in [-0.25, -0.2) is 0 Å². The Hall–Kier alpha value is -2.36. The molecule has 0 amide bonds. The average molecular weight is 210 g/mol. The molecule has 0 saturated carbocycles. The van der Waals surface area contributed by atoms with Crippen LogP contribution in [0, 0.1) is 0 Å². The van der Waals surface area contributed by atoms with Gasteiger partial charge in [0.25, 0.3) is 0 Å². The molecule has 16 heavy (non-hydrogen) atoms. The van der Waals surface area contributed by atoms with Gasteiger partial charge in [0, 0.05) is 24.2 Å². The fourth-order valence-corrected chi connectivity index (χ4v) is 1.10. The van der Waals surface area contributed by atoms with E-state index in [9.17, 15) is 0 Å². The van der Waals surface area contributed by atoms with Gasteiger partial charge in [0.2, 0.25) is 0 Å². The first kappa shape index (κ1) is 10.2. The fraction of sp³-hybridized carbons (Fsp3) is 0. The normalized spacial score (nSPS) is 11.2. The summed E-state index contributed by atoms with van der Waals surface area (Å²) in [6.45, 7) is 0. The van der Waals surface area contributed by atoms with Crippen LogP contribution in [0.25, 0.3) is 0 Å². The third-order valence-electron chi connectivity index (χ3n) is 1.84. The molecule has 0 aliphatic heterocycles. The molecule has 0 aromatic carbocycles. The SMILES string of the molecule is C(=N/N=C/c1ccccn1)c1cccnc1. The van der Waals surface area contributed by atoms with Crippen molar-refractivity contribution in [2.24, 2.45) is 10.2 Å². The van der Waals surface area contributed by atoms with E-state index in [1.165, 1.54) is 0 Å². The van der Waals surface area contributed by atoms with E-state index in [1.54, 1.807) is 31.0 Å². The number of nitrogens with zero attached hydrogens (tertiary/aromatic N) is 4. The zero-order valence-electron chi connectivity index (χ0n) is 8.56. The molecule has 0 saturated heterocycles. The van der Waals surface area contributed by atoms with Crippen LogP contribution in [0.4, 0.5) is 0 Å². The highest BCUT2D eigenvalue weighted by Gasteiger charge is 1.84. The summed E-state index contributed by atoms with van der Waals surface area (Å²) >= 11 is 0. The Morgan fingerprint density at radius 2 is 1.88 bits per heavy atom. The van der Waals surface area contributed by atoms with Gasteiger partial charge in [0.05, 0.1) is 18.1 Å². The number of hydrogen-bond acceptors (Lipinski definition) is 4. The Balaban J connectivity index is 1.98. The summed E-state index contributed by atoms with van der Waals surface area (Å²) in [6, 6.07) is 9.38. The van der Waals surface area contributed by atoms with Crippen LogP contribution in [0.2, 0.25) is 0 Å². The van der Waals surface area contributed by atoms with Crippen molar-refractivity contribution in [2.45, 2.75) is 0 Å². The van der Waals surface area contributed by atoms with Crippen LogP contribution in [-0.4, -0.2) is 22.4 Å². The maximum atomic E-state index is 4.09. The summed E-state index contributed by atoms with van der Waals surface area (Å²) in [5, 5.41) is 7.79. The molecule has 0 fully saturated rings. The van der Waals surface area contributed by atoms with Crippen molar-refractivity contribution >= 4 is 12.4 Å². The molecule has 0 radical (unpaired) electrons. The smallest absolute Gasteiger partial charge is 0.0831 e. The summed E-state index contributed by atoms with van der Waals surface area (Å²) in [5.74, 6) is 0. The molecular weight excluding hydrogens is 200 g/mol. The second kappa shape index (κ2) is 5.50. The lowest BCUT2D eigenvalue weighted by Crippen LogP contribution is -1.84. The molecule has 0 atom stereocenters. The molecule has 2 aromatic rings. The minimum absolute atomic E-state index is 0.783. The van der Waals surface area contributed by atoms with Gasteiger partial charge < -0.3 is 0 Å². The van der Waals surface area contributed by atoms with Crippen LogP contribution in [0.5, 0.6) is 0 Å². The van der Waals surface area contributed by atoms with Gasteiger partial charge in [-0.3, -0.25) is 9.97 Å². The molecule has 2 aromatic heterocycles. The largest absolute Gasteiger partial charge is 0.264 e. The molecule has 0 aliphatic rings. The first-order chi connectivity index (χ1) is 7.95. The Kier molecular flexibility index (Phi) is 3.50. The Labute approximate surface area is 93.4 Å². The predicted octanol–water partition coefficient (Wildman–Crippen LogP) is 1.93. The maximum Gasteiger partial charge on any atom is 0.0831 e. The highest BCUT2D eigenvalue weighted by molar-refractivity contribution is 5.81. The Morgan fingerprint density at radius 3 is 2.62 bits per heavy atom. The number of pyridine rings is 2. The van der Waals surface area contributed by atoms with Crippen LogP contribution in [0.3, 0.4) is 0 Å². The van der Waals surface area contributed by atoms with Gasteiger partial charge in [-0.05, 0) is 18.2 Å². The summed E-state index contributed by atoms with van der Waals surface area (Å²) in [7, 11) is 0. The monoisotopic (exact) mass is 210 g/mol. The van der Waals surface area contributed by atoms with Crippen molar-refractivity contribution in [3.63, 3.8) is 0 Å². The van der Waals surface area contributed by atoms with E-state index >= 15 is 0 Å². The van der Waals surface area contributed by atoms with Gasteiger partial charge >= 0.3 is 0 Å². The van der Waals surface area contributed by atoms with E-state index in [4.69, 9.17) is 0 Å². The van der Waals surface area contributed by atoms with Crippen LogP contribution in [0.1, 0.15) is 11.3 Å². The summed E-state index contributed by atoms with van der Waals surface area (Å²) in [4.78, 5) is 8.05. The van der Waals surface area contributed by atoms with E-state index in [1.807, 2.05) is 30.3 Å². The highest BCUT2D eigenvalue weighted by Crippen LogP contribution is 1.92. The van der Waals surface area contributed by atoms with Crippen molar-refractivity contribution in [1.29, 1.82) is 0 Å². The number of hydrogen-bond donors (Lipinski definition) is 0. The zero-order chi connectivity index (χ0) is 11.1. The topological polar surface area (TPSA) is 50.5 Å². The third kappa shape index (κ3) is 3.09. The number of rotatable bonds is 3. The molecule has 0 bridgehead atoms. The molecule has 4 heteroatoms. The lowest BCUT2D eigenvalue weighted by atomic mass is 10.3. The van der Waals surface area contributed by atoms with Crippen molar-refractivity contribution in [3.8, 4) is 0 Å². The van der Waals surface area contributed by atoms with Crippen LogP contribution < -0.4 is 0 Å². The lowest BCUT2D eigenvalue weighted by molar-refractivity contribution is 1.23. The minimum Gasteiger partial charge on any atom is -0.264 e. The molecule has 0 unspecified atom stereocenters. The molecule has 4 nitrogen and oxygen atoms in total. The van der Waals surface area contributed by atoms with Gasteiger partial charge in [-0.1, -0.05) is 12.1 Å². The van der Waals surface area contributed by atoms with E-state index in [-0.39, 0.29) is 0 Å². The predicted molar refractivity (Wildman–Crippen MR) is 63.7 cm³/mol. The van der Waals surface area contributed by atoms with Crippen molar-refractivity contribution in [3.05, 3.63) is 60.2 Å². The molecular formula is C12H10N4. The first-order valence-corrected chi connectivity index (χ1v) is 4.82. The van der Waals surface area contributed by atoms with Gasteiger partial charge in [-0.2, -0.15) is 10.2 Å². The lowest BCUT2D eigenvalue weighted by Gasteiger charge is -1.88. The van der Waals surface area contributed by atoms with E-state index in [0.717, 1.165) is 11.3 Å². The molecule has 2 rings (SSSR count). The second-order valence-electron chi connectivity index (χ2n) is 3.03. The first-order valence-electron chi connectivity index (χ1n) is 4.82. The van der Waals surface area contributed by atoms with E-state index < -0.39 is 0 Å². The maximum absolute atomic E-state index is 4.09. The van der Waals surface area contributed by atoms with E-state index in [2.05, 4.69) is 20.2 Å². The number of aromatic nitrogens is 2. The van der Waals surface area contributed by atoms with E-state index in [0.29, 0.717) is 0 Å². The zero-order valence-corrected chi connectivity index (χ0v) is 8.56. The van der Waals surface area contributed by atoms with Crippen molar-refractivity contribution in [2.75, 3.05) is 0 Å². The van der Waals surface area contributed by atoms with Gasteiger partial charge in [0.15, 0.2) is 0 Å². The standard InChI is InChI=1S/C12H10N4/c1-2-7-14-12(5-1)10-16-15-9-11-4-3-6-13-8-11/h1-10H/b15-9?,16-10+. The summed E-state index contributed by atoms with van der Waals surface area (Å²) in [6.07, 6.45) is 8.40. The fourth-order valence-electron chi connectivity index (χ4n) is 1.10. The Morgan fingerprint density at radius 1 is 0.938 bits per heavy atom. The van der Waals surface area contributed by atoms with Crippen molar-refractivity contribution < 1.29 is 0 Å². The molecule has 0 aliphatic carbocycles. The third-order valence-corrected chi connectivity index (χ3v) is 1.84. The summed E-state index contributed by atoms with van der Waals surface area (Å²) in [5.41, 5.74) is 1.70. The van der Waals surface area contributed by atoms with Crippen LogP contribution in [0.15, 0.2) is 59.1 Å². The van der Waals surface area contributed by atoms with Gasteiger partial charge in [0.1, 0.15) is 0 Å². The van der Waals surface area contributed by atoms with Crippen LogP contribution in [-0.2, 0) is 0 Å². The molecule has 78 valence electrons. The average Bonchev–Trinajstić information content (AvgIpc) is 2.37. The second-order valence-corrected chi connectivity index (χ2v) is 3.03. The Bertz CT molecular complexity index is 429. The summed E-state index contributed by atoms with van der Waals surface area (Å²) < 4.78 is 0. The quantitative estimate of drug-likeness (QED) is 0.574. The molecule has 0 spiro atoms. The van der Waals surface area contributed by atoms with Crippen molar-refractivity contribution in [1.82, 2.24) is 9.97 Å². The van der Waals surface area contributed by atoms with Crippen LogP contribution >= 0.6 is 0 Å². The molecule has 2 heterocycles. The molecule has 0 N–H and O–H groups in total.